The lowest BCUT2D eigenvalue weighted by Gasteiger charge is -2.14. The van der Waals surface area contributed by atoms with Gasteiger partial charge in [-0.1, -0.05) is 30.3 Å². The Morgan fingerprint density at radius 1 is 1.04 bits per heavy atom. The van der Waals surface area contributed by atoms with E-state index in [4.69, 9.17) is 0 Å². The van der Waals surface area contributed by atoms with Crippen LogP contribution in [0.3, 0.4) is 0 Å². The molecule has 0 bridgehead atoms. The highest BCUT2D eigenvalue weighted by atomic mass is 32.2. The Morgan fingerprint density at radius 2 is 1.71 bits per heavy atom. The van der Waals surface area contributed by atoms with Crippen molar-refractivity contribution in [3.8, 4) is 5.69 Å². The number of para-hydroxylation sites is 1. The number of rotatable bonds is 3. The van der Waals surface area contributed by atoms with Gasteiger partial charge in [0.1, 0.15) is 5.82 Å². The smallest absolute Gasteiger partial charge is 0.306 e. The quantitative estimate of drug-likeness (QED) is 0.719. The van der Waals surface area contributed by atoms with Crippen molar-refractivity contribution in [3.05, 3.63) is 77.0 Å². The molecule has 1 aliphatic heterocycles. The van der Waals surface area contributed by atoms with Crippen molar-refractivity contribution in [2.45, 2.75) is 17.7 Å². The number of amides is 1. The fourth-order valence-electron chi connectivity index (χ4n) is 3.12. The topological polar surface area (TPSA) is 64.0 Å². The number of hydrogen-bond donors (Lipinski definition) is 1. The van der Waals surface area contributed by atoms with E-state index in [0.717, 1.165) is 12.1 Å². The summed E-state index contributed by atoms with van der Waals surface area (Å²) in [6.07, 6.45) is -4.66. The molecular formula is C19H14F3N3O2S. The van der Waals surface area contributed by atoms with Crippen molar-refractivity contribution in [2.24, 2.45) is 0 Å². The fourth-order valence-corrected chi connectivity index (χ4v) is 4.38. The molecular weight excluding hydrogens is 391 g/mol. The molecule has 1 aromatic heterocycles. The monoisotopic (exact) mass is 405 g/mol. The molecule has 0 saturated carbocycles. The summed E-state index contributed by atoms with van der Waals surface area (Å²) < 4.78 is 53.2. The van der Waals surface area contributed by atoms with E-state index >= 15 is 0 Å². The van der Waals surface area contributed by atoms with E-state index in [9.17, 15) is 22.2 Å². The van der Waals surface area contributed by atoms with E-state index in [0.29, 0.717) is 16.9 Å². The Kier molecular flexibility index (Phi) is 4.54. The lowest BCUT2D eigenvalue weighted by atomic mass is 10.1. The maximum atomic E-state index is 13.3. The van der Waals surface area contributed by atoms with Gasteiger partial charge >= 0.3 is 6.18 Å². The zero-order valence-electron chi connectivity index (χ0n) is 14.4. The molecule has 1 aliphatic rings. The first-order chi connectivity index (χ1) is 13.3. The number of fused-ring (bicyclic) bond motifs is 1. The van der Waals surface area contributed by atoms with Crippen molar-refractivity contribution >= 4 is 22.5 Å². The van der Waals surface area contributed by atoms with Crippen molar-refractivity contribution in [1.82, 2.24) is 9.78 Å². The predicted molar refractivity (Wildman–Crippen MR) is 98.5 cm³/mol. The summed E-state index contributed by atoms with van der Waals surface area (Å²) in [6.45, 7) is 0. The van der Waals surface area contributed by atoms with Gasteiger partial charge in [-0.15, -0.1) is 0 Å². The minimum atomic E-state index is -4.66. The van der Waals surface area contributed by atoms with Crippen LogP contribution < -0.4 is 5.32 Å². The Balaban J connectivity index is 1.77. The summed E-state index contributed by atoms with van der Waals surface area (Å²) in [5, 5.41) is 6.98. The summed E-state index contributed by atoms with van der Waals surface area (Å²) in [5.41, 5.74) is 0.297. The SMILES string of the molecule is O=C(Nc1c2c(nn1-c1ccccc1)C[S@](=O)C2)c1ccccc1C(F)(F)F. The second-order valence-corrected chi connectivity index (χ2v) is 7.70. The fraction of sp³-hybridized carbons (Fsp3) is 0.158. The van der Waals surface area contributed by atoms with E-state index in [1.165, 1.54) is 16.8 Å². The molecule has 2 heterocycles. The number of benzene rings is 2. The van der Waals surface area contributed by atoms with Crippen LogP contribution in [-0.4, -0.2) is 19.9 Å². The predicted octanol–water partition coefficient (Wildman–Crippen LogP) is 3.91. The lowest BCUT2D eigenvalue weighted by Crippen LogP contribution is -2.20. The van der Waals surface area contributed by atoms with Gasteiger partial charge in [0.25, 0.3) is 5.91 Å². The first-order valence-corrected chi connectivity index (χ1v) is 9.82. The molecule has 0 aliphatic carbocycles. The van der Waals surface area contributed by atoms with Gasteiger partial charge in [-0.25, -0.2) is 4.68 Å². The number of alkyl halides is 3. The molecule has 28 heavy (non-hydrogen) atoms. The van der Waals surface area contributed by atoms with Gasteiger partial charge < -0.3 is 5.32 Å². The summed E-state index contributed by atoms with van der Waals surface area (Å²) in [4.78, 5) is 12.7. The van der Waals surface area contributed by atoms with Gasteiger partial charge in [-0.2, -0.15) is 18.3 Å². The van der Waals surface area contributed by atoms with Crippen LogP contribution in [0.5, 0.6) is 0 Å². The van der Waals surface area contributed by atoms with Crippen LogP contribution in [0, 0.1) is 0 Å². The number of anilines is 1. The third-order valence-corrected chi connectivity index (χ3v) is 5.59. The van der Waals surface area contributed by atoms with Gasteiger partial charge in [0.15, 0.2) is 0 Å². The molecule has 2 aromatic carbocycles. The van der Waals surface area contributed by atoms with Crippen molar-refractivity contribution < 1.29 is 22.2 Å². The average molecular weight is 405 g/mol. The van der Waals surface area contributed by atoms with Crippen molar-refractivity contribution in [1.29, 1.82) is 0 Å². The molecule has 0 spiro atoms. The number of carbonyl (C=O) groups excluding carboxylic acids is 1. The molecule has 144 valence electrons. The summed E-state index contributed by atoms with van der Waals surface area (Å²) in [7, 11) is -1.15. The standard InChI is InChI=1S/C19H14F3N3O2S/c20-19(21,22)15-9-5-4-8-13(15)18(26)23-17-14-10-28(27)11-16(14)24-25(17)12-6-2-1-3-7-12/h1-9H,10-11H2,(H,23,26)/t28-/m1/s1. The first kappa shape index (κ1) is 18.4. The van der Waals surface area contributed by atoms with E-state index in [2.05, 4.69) is 10.4 Å². The minimum absolute atomic E-state index is 0.193. The maximum absolute atomic E-state index is 13.3. The summed E-state index contributed by atoms with van der Waals surface area (Å²) >= 11 is 0. The highest BCUT2D eigenvalue weighted by Crippen LogP contribution is 2.34. The van der Waals surface area contributed by atoms with Crippen LogP contribution in [-0.2, 0) is 28.5 Å². The molecule has 0 radical (unpaired) electrons. The lowest BCUT2D eigenvalue weighted by molar-refractivity contribution is -0.137. The largest absolute Gasteiger partial charge is 0.417 e. The zero-order valence-corrected chi connectivity index (χ0v) is 15.2. The molecule has 0 unspecified atom stereocenters. The van der Waals surface area contributed by atoms with E-state index in [-0.39, 0.29) is 17.3 Å². The normalized spacial score (nSPS) is 16.0. The zero-order chi connectivity index (χ0) is 19.9. The molecule has 0 fully saturated rings. The molecule has 1 atom stereocenters. The molecule has 9 heteroatoms. The summed E-state index contributed by atoms with van der Waals surface area (Å²) in [5.74, 6) is -0.213. The third kappa shape index (κ3) is 3.33. The van der Waals surface area contributed by atoms with Crippen LogP contribution in [0.2, 0.25) is 0 Å². The number of carbonyl (C=O) groups is 1. The van der Waals surface area contributed by atoms with Crippen LogP contribution >= 0.6 is 0 Å². The Bertz CT molecular complexity index is 1080. The number of aromatic nitrogens is 2. The minimum Gasteiger partial charge on any atom is -0.306 e. The second-order valence-electron chi connectivity index (χ2n) is 6.25. The number of nitrogens with zero attached hydrogens (tertiary/aromatic N) is 2. The highest BCUT2D eigenvalue weighted by molar-refractivity contribution is 7.83. The van der Waals surface area contributed by atoms with Gasteiger partial charge in [0.05, 0.1) is 34.0 Å². The van der Waals surface area contributed by atoms with Crippen LogP contribution in [0.4, 0.5) is 19.0 Å². The molecule has 1 amide bonds. The van der Waals surface area contributed by atoms with Gasteiger partial charge in [0, 0.05) is 16.4 Å². The number of halogens is 3. The molecule has 3 aromatic rings. The van der Waals surface area contributed by atoms with Crippen molar-refractivity contribution in [3.63, 3.8) is 0 Å². The second kappa shape index (κ2) is 6.90. The van der Waals surface area contributed by atoms with Gasteiger partial charge in [-0.05, 0) is 24.3 Å². The van der Waals surface area contributed by atoms with E-state index < -0.39 is 34.0 Å². The third-order valence-electron chi connectivity index (χ3n) is 4.38. The van der Waals surface area contributed by atoms with Gasteiger partial charge in [-0.3, -0.25) is 9.00 Å². The number of hydrogen-bond acceptors (Lipinski definition) is 3. The molecule has 0 saturated heterocycles. The molecule has 5 nitrogen and oxygen atoms in total. The molecule has 4 rings (SSSR count). The number of nitrogens with one attached hydrogen (secondary N) is 1. The van der Waals surface area contributed by atoms with Crippen LogP contribution in [0.25, 0.3) is 5.69 Å². The average Bonchev–Trinajstić information content (AvgIpc) is 3.19. The van der Waals surface area contributed by atoms with Crippen LogP contribution in [0.15, 0.2) is 54.6 Å². The Labute approximate surface area is 160 Å². The van der Waals surface area contributed by atoms with E-state index in [1.807, 2.05) is 6.07 Å². The Morgan fingerprint density at radius 3 is 2.43 bits per heavy atom. The highest BCUT2D eigenvalue weighted by Gasteiger charge is 2.35. The van der Waals surface area contributed by atoms with E-state index in [1.54, 1.807) is 24.3 Å². The summed E-state index contributed by atoms with van der Waals surface area (Å²) in [6, 6.07) is 13.5. The molecule has 1 N–H and O–H groups in total. The maximum Gasteiger partial charge on any atom is 0.417 e. The Hall–Kier alpha value is -2.94. The van der Waals surface area contributed by atoms with Crippen LogP contribution in [0.1, 0.15) is 27.2 Å². The van der Waals surface area contributed by atoms with Gasteiger partial charge in [0.2, 0.25) is 0 Å². The van der Waals surface area contributed by atoms with Crippen molar-refractivity contribution in [2.75, 3.05) is 5.32 Å². The first-order valence-electron chi connectivity index (χ1n) is 8.33.